The van der Waals surface area contributed by atoms with E-state index < -0.39 is 11.4 Å². The van der Waals surface area contributed by atoms with E-state index in [0.29, 0.717) is 24.9 Å². The summed E-state index contributed by atoms with van der Waals surface area (Å²) in [6, 6.07) is 5.35. The molecule has 0 unspecified atom stereocenters. The molecule has 22 heavy (non-hydrogen) atoms. The van der Waals surface area contributed by atoms with Gasteiger partial charge in [0.25, 0.3) is 0 Å². The number of fused-ring (bicyclic) bond motifs is 1. The Morgan fingerprint density at radius 3 is 2.50 bits per heavy atom. The number of anilines is 1. The monoisotopic (exact) mass is 303 g/mol. The first kappa shape index (κ1) is 16.2. The molecule has 5 heteroatoms. The first-order valence-corrected chi connectivity index (χ1v) is 7.44. The predicted molar refractivity (Wildman–Crippen MR) is 83.3 cm³/mol. The lowest BCUT2D eigenvalue weighted by Gasteiger charge is -2.20. The van der Waals surface area contributed by atoms with Crippen molar-refractivity contribution in [3.63, 3.8) is 0 Å². The van der Waals surface area contributed by atoms with Crippen molar-refractivity contribution in [3.8, 4) is 0 Å². The quantitative estimate of drug-likeness (QED) is 0.647. The van der Waals surface area contributed by atoms with E-state index in [1.165, 1.54) is 6.92 Å². The number of carbonyl (C=O) groups is 3. The molecule has 5 nitrogen and oxygen atoms in total. The lowest BCUT2D eigenvalue weighted by atomic mass is 9.85. The number of rotatable bonds is 6. The van der Waals surface area contributed by atoms with Crippen LogP contribution < -0.4 is 4.90 Å². The van der Waals surface area contributed by atoms with Gasteiger partial charge in [-0.15, -0.1) is 0 Å². The second-order valence-corrected chi connectivity index (χ2v) is 6.22. The van der Waals surface area contributed by atoms with E-state index >= 15 is 0 Å². The molecule has 1 aromatic carbocycles. The fraction of sp³-hybridized carbons (Fsp3) is 0.471. The van der Waals surface area contributed by atoms with E-state index in [-0.39, 0.29) is 18.1 Å². The van der Waals surface area contributed by atoms with E-state index in [4.69, 9.17) is 5.11 Å². The maximum atomic E-state index is 12.6. The summed E-state index contributed by atoms with van der Waals surface area (Å²) in [5.74, 6) is -0.843. The molecule has 0 radical (unpaired) electrons. The average Bonchev–Trinajstić information content (AvgIpc) is 2.63. The summed E-state index contributed by atoms with van der Waals surface area (Å²) in [7, 11) is 0. The van der Waals surface area contributed by atoms with Crippen LogP contribution in [0.25, 0.3) is 0 Å². The molecule has 0 aliphatic carbocycles. The third kappa shape index (κ3) is 2.89. The summed E-state index contributed by atoms with van der Waals surface area (Å²) in [4.78, 5) is 36.4. The van der Waals surface area contributed by atoms with Crippen molar-refractivity contribution in [2.45, 2.75) is 45.4 Å². The standard InChI is InChI=1S/C17H21NO4/c1-11(19)12-7-8-14-13(10-12)17(2,3)16(22)18(14)9-5-4-6-15(20)21/h7-8,10H,4-6,9H2,1-3H3,(H,20,21). The van der Waals surface area contributed by atoms with E-state index in [0.717, 1.165) is 11.3 Å². The maximum Gasteiger partial charge on any atom is 0.303 e. The van der Waals surface area contributed by atoms with Crippen molar-refractivity contribution in [1.82, 2.24) is 0 Å². The summed E-state index contributed by atoms with van der Waals surface area (Å²) < 4.78 is 0. The molecule has 0 spiro atoms. The van der Waals surface area contributed by atoms with E-state index in [1.807, 2.05) is 19.9 Å². The number of aliphatic carboxylic acids is 1. The zero-order valence-corrected chi connectivity index (χ0v) is 13.2. The van der Waals surface area contributed by atoms with Crippen LogP contribution in [0.2, 0.25) is 0 Å². The molecule has 0 fully saturated rings. The molecule has 1 amide bonds. The van der Waals surface area contributed by atoms with E-state index in [2.05, 4.69) is 0 Å². The first-order chi connectivity index (χ1) is 10.2. The van der Waals surface area contributed by atoms with Gasteiger partial charge in [0.05, 0.1) is 5.41 Å². The predicted octanol–water partition coefficient (Wildman–Crippen LogP) is 2.77. The zero-order valence-electron chi connectivity index (χ0n) is 13.2. The first-order valence-electron chi connectivity index (χ1n) is 7.44. The fourth-order valence-corrected chi connectivity index (χ4v) is 2.82. The van der Waals surface area contributed by atoms with Crippen LogP contribution in [0.5, 0.6) is 0 Å². The van der Waals surface area contributed by atoms with Crippen molar-refractivity contribution in [3.05, 3.63) is 29.3 Å². The lowest BCUT2D eigenvalue weighted by molar-refractivity contribution is -0.137. The van der Waals surface area contributed by atoms with Crippen LogP contribution in [0, 0.1) is 0 Å². The number of carbonyl (C=O) groups excluding carboxylic acids is 2. The van der Waals surface area contributed by atoms with Gasteiger partial charge in [-0.25, -0.2) is 0 Å². The number of amides is 1. The number of carboxylic acid groups (broad SMARTS) is 1. The number of hydrogen-bond donors (Lipinski definition) is 1. The molecule has 1 aromatic rings. The van der Waals surface area contributed by atoms with E-state index in [9.17, 15) is 14.4 Å². The minimum Gasteiger partial charge on any atom is -0.481 e. The molecule has 0 aromatic heterocycles. The highest BCUT2D eigenvalue weighted by molar-refractivity contribution is 6.08. The number of hydrogen-bond acceptors (Lipinski definition) is 3. The summed E-state index contributed by atoms with van der Waals surface area (Å²) in [6.45, 7) is 5.72. The molecule has 118 valence electrons. The van der Waals surface area contributed by atoms with Crippen molar-refractivity contribution >= 4 is 23.3 Å². The SMILES string of the molecule is CC(=O)c1ccc2c(c1)C(C)(C)C(=O)N2CCCCC(=O)O. The van der Waals surface area contributed by atoms with Crippen LogP contribution in [0.1, 0.15) is 56.0 Å². The van der Waals surface area contributed by atoms with Crippen LogP contribution in [-0.2, 0) is 15.0 Å². The minimum absolute atomic E-state index is 0.00136. The molecule has 0 saturated heterocycles. The van der Waals surface area contributed by atoms with Gasteiger partial charge in [-0.05, 0) is 57.4 Å². The molecular formula is C17H21NO4. The Morgan fingerprint density at radius 2 is 1.91 bits per heavy atom. The zero-order chi connectivity index (χ0) is 16.5. The molecule has 0 bridgehead atoms. The molecule has 1 aliphatic rings. The molecule has 2 rings (SSSR count). The van der Waals surface area contributed by atoms with Gasteiger partial charge in [0.15, 0.2) is 5.78 Å². The normalized spacial score (nSPS) is 15.8. The summed E-state index contributed by atoms with van der Waals surface area (Å²) in [5, 5.41) is 8.67. The Kier molecular flexibility index (Phi) is 4.35. The average molecular weight is 303 g/mol. The molecule has 1 aliphatic heterocycles. The third-order valence-corrected chi connectivity index (χ3v) is 4.17. The van der Waals surface area contributed by atoms with Gasteiger partial charge in [-0.2, -0.15) is 0 Å². The van der Waals surface area contributed by atoms with Crippen LogP contribution >= 0.6 is 0 Å². The molecule has 0 atom stereocenters. The number of benzene rings is 1. The Hall–Kier alpha value is -2.17. The summed E-state index contributed by atoms with van der Waals surface area (Å²) >= 11 is 0. The second-order valence-electron chi connectivity index (χ2n) is 6.22. The smallest absolute Gasteiger partial charge is 0.303 e. The minimum atomic E-state index is -0.820. The summed E-state index contributed by atoms with van der Waals surface area (Å²) in [6.07, 6.45) is 1.30. The fourth-order valence-electron chi connectivity index (χ4n) is 2.82. The van der Waals surface area contributed by atoms with Crippen molar-refractivity contribution in [1.29, 1.82) is 0 Å². The number of nitrogens with zero attached hydrogens (tertiary/aromatic N) is 1. The van der Waals surface area contributed by atoms with Crippen molar-refractivity contribution in [2.24, 2.45) is 0 Å². The Labute approximate surface area is 129 Å². The van der Waals surface area contributed by atoms with Crippen LogP contribution in [-0.4, -0.2) is 29.3 Å². The van der Waals surface area contributed by atoms with Crippen LogP contribution in [0.4, 0.5) is 5.69 Å². The van der Waals surface area contributed by atoms with Crippen LogP contribution in [0.15, 0.2) is 18.2 Å². The van der Waals surface area contributed by atoms with E-state index in [1.54, 1.807) is 17.0 Å². The molecular weight excluding hydrogens is 282 g/mol. The molecule has 0 saturated carbocycles. The van der Waals surface area contributed by atoms with Crippen molar-refractivity contribution in [2.75, 3.05) is 11.4 Å². The highest BCUT2D eigenvalue weighted by Gasteiger charge is 2.43. The Bertz CT molecular complexity index is 634. The van der Waals surface area contributed by atoms with Crippen molar-refractivity contribution < 1.29 is 19.5 Å². The van der Waals surface area contributed by atoms with Gasteiger partial charge >= 0.3 is 5.97 Å². The Morgan fingerprint density at radius 1 is 1.23 bits per heavy atom. The summed E-state index contributed by atoms with van der Waals surface area (Å²) in [5.41, 5.74) is 1.64. The van der Waals surface area contributed by atoms with Crippen LogP contribution in [0.3, 0.4) is 0 Å². The lowest BCUT2D eigenvalue weighted by Crippen LogP contribution is -2.36. The maximum absolute atomic E-state index is 12.6. The topological polar surface area (TPSA) is 74.7 Å². The molecule has 1 N–H and O–H groups in total. The second kappa shape index (κ2) is 5.91. The number of unbranched alkanes of at least 4 members (excludes halogenated alkanes) is 1. The number of Topliss-reactive ketones (excluding diaryl/α,β-unsaturated/α-hetero) is 1. The highest BCUT2D eigenvalue weighted by atomic mass is 16.4. The van der Waals surface area contributed by atoms with Gasteiger partial charge in [-0.3, -0.25) is 14.4 Å². The number of carboxylic acids is 1. The van der Waals surface area contributed by atoms with Gasteiger partial charge in [-0.1, -0.05) is 0 Å². The van der Waals surface area contributed by atoms with Gasteiger partial charge in [0.2, 0.25) is 5.91 Å². The largest absolute Gasteiger partial charge is 0.481 e. The third-order valence-electron chi connectivity index (χ3n) is 4.17. The van der Waals surface area contributed by atoms with Gasteiger partial charge < -0.3 is 10.0 Å². The van der Waals surface area contributed by atoms with Gasteiger partial charge in [0.1, 0.15) is 0 Å². The number of ketones is 1. The Balaban J connectivity index is 2.23. The highest BCUT2D eigenvalue weighted by Crippen LogP contribution is 2.42. The molecule has 1 heterocycles. The van der Waals surface area contributed by atoms with Gasteiger partial charge in [0, 0.05) is 24.2 Å².